The number of carbonyl (C=O) groups is 2. The highest BCUT2D eigenvalue weighted by Crippen LogP contribution is 2.29. The second-order valence-electron chi connectivity index (χ2n) is 6.73. The van der Waals surface area contributed by atoms with Crippen molar-refractivity contribution in [2.45, 2.75) is 45.1 Å². The Morgan fingerprint density at radius 3 is 2.93 bits per heavy atom. The Balaban J connectivity index is 1.71. The van der Waals surface area contributed by atoms with Crippen molar-refractivity contribution in [3.63, 3.8) is 0 Å². The molecule has 150 valence electrons. The Labute approximate surface area is 167 Å². The Morgan fingerprint density at radius 2 is 2.21 bits per heavy atom. The monoisotopic (exact) mass is 405 g/mol. The molecule has 0 bridgehead atoms. The first-order chi connectivity index (χ1) is 13.5. The van der Waals surface area contributed by atoms with Gasteiger partial charge in [-0.15, -0.1) is 11.3 Å². The van der Waals surface area contributed by atoms with Crippen LogP contribution in [0.1, 0.15) is 39.0 Å². The van der Waals surface area contributed by atoms with Gasteiger partial charge in [-0.05, 0) is 43.9 Å². The molecule has 1 aliphatic heterocycles. The van der Waals surface area contributed by atoms with Gasteiger partial charge in [0.15, 0.2) is 16.7 Å². The zero-order chi connectivity index (χ0) is 20.1. The summed E-state index contributed by atoms with van der Waals surface area (Å²) in [6, 6.07) is 4.15. The van der Waals surface area contributed by atoms with E-state index in [9.17, 15) is 14.0 Å². The van der Waals surface area contributed by atoms with E-state index in [1.807, 2.05) is 6.92 Å². The third-order valence-corrected chi connectivity index (χ3v) is 5.53. The summed E-state index contributed by atoms with van der Waals surface area (Å²) in [6.45, 7) is 2.57. The Hall–Kier alpha value is -2.48. The number of amides is 2. The fourth-order valence-corrected chi connectivity index (χ4v) is 4.06. The molecule has 3 rings (SSSR count). The summed E-state index contributed by atoms with van der Waals surface area (Å²) < 4.78 is 18.8. The molecule has 0 spiro atoms. The minimum absolute atomic E-state index is 0.0240. The van der Waals surface area contributed by atoms with Gasteiger partial charge in [0.2, 0.25) is 11.8 Å². The average molecular weight is 405 g/mol. The molecular weight excluding hydrogens is 381 g/mol. The molecule has 0 radical (unpaired) electrons. The lowest BCUT2D eigenvalue weighted by Crippen LogP contribution is -2.49. The molecule has 0 saturated carbocycles. The fraction of sp³-hybridized carbons (Fsp3) is 0.450. The topological polar surface area (TPSA) is 71.5 Å². The van der Waals surface area contributed by atoms with Crippen molar-refractivity contribution in [3.05, 3.63) is 29.4 Å². The van der Waals surface area contributed by atoms with E-state index in [1.165, 1.54) is 24.5 Å². The van der Waals surface area contributed by atoms with Crippen LogP contribution in [0.4, 0.5) is 9.52 Å². The second-order valence-corrected chi connectivity index (χ2v) is 7.58. The quantitative estimate of drug-likeness (QED) is 0.786. The number of hydrogen-bond donors (Lipinski definition) is 1. The zero-order valence-electron chi connectivity index (χ0n) is 16.0. The number of likely N-dealkylation sites (tertiary alicyclic amines) is 1. The average Bonchev–Trinajstić information content (AvgIpc) is 3.16. The van der Waals surface area contributed by atoms with Gasteiger partial charge in [0, 0.05) is 23.9 Å². The van der Waals surface area contributed by atoms with Crippen molar-refractivity contribution < 1.29 is 18.7 Å². The van der Waals surface area contributed by atoms with E-state index < -0.39 is 11.9 Å². The van der Waals surface area contributed by atoms with E-state index >= 15 is 0 Å². The summed E-state index contributed by atoms with van der Waals surface area (Å²) in [7, 11) is 1.41. The lowest BCUT2D eigenvalue weighted by atomic mass is 10.0. The largest absolute Gasteiger partial charge is 0.494 e. The number of ether oxygens (including phenoxy) is 1. The van der Waals surface area contributed by atoms with Gasteiger partial charge in [0.1, 0.15) is 6.04 Å². The van der Waals surface area contributed by atoms with Crippen LogP contribution >= 0.6 is 11.3 Å². The summed E-state index contributed by atoms with van der Waals surface area (Å²) in [5.74, 6) is -0.491. The number of carbonyl (C=O) groups excluding carboxylic acids is 2. The van der Waals surface area contributed by atoms with Crippen LogP contribution in [-0.4, -0.2) is 41.4 Å². The van der Waals surface area contributed by atoms with Crippen LogP contribution in [0.3, 0.4) is 0 Å². The van der Waals surface area contributed by atoms with Crippen molar-refractivity contribution >= 4 is 28.3 Å². The molecule has 2 aromatic rings. The number of anilines is 1. The summed E-state index contributed by atoms with van der Waals surface area (Å²) in [6.07, 6.45) is 3.71. The molecule has 1 aromatic heterocycles. The van der Waals surface area contributed by atoms with Crippen LogP contribution in [0.15, 0.2) is 23.6 Å². The number of thiazole rings is 1. The van der Waals surface area contributed by atoms with E-state index in [1.54, 1.807) is 22.4 Å². The smallest absolute Gasteiger partial charge is 0.248 e. The van der Waals surface area contributed by atoms with E-state index in [0.717, 1.165) is 19.3 Å². The molecule has 1 saturated heterocycles. The zero-order valence-corrected chi connectivity index (χ0v) is 16.9. The Morgan fingerprint density at radius 1 is 1.39 bits per heavy atom. The molecule has 1 atom stereocenters. The van der Waals surface area contributed by atoms with Crippen molar-refractivity contribution in [3.8, 4) is 17.0 Å². The van der Waals surface area contributed by atoms with Gasteiger partial charge < -0.3 is 15.0 Å². The van der Waals surface area contributed by atoms with E-state index in [4.69, 9.17) is 4.74 Å². The molecule has 1 aliphatic rings. The first-order valence-electron chi connectivity index (χ1n) is 9.43. The van der Waals surface area contributed by atoms with Crippen LogP contribution in [-0.2, 0) is 9.59 Å². The normalized spacial score (nSPS) is 16.7. The molecular formula is C20H24FN3O3S. The minimum Gasteiger partial charge on any atom is -0.494 e. The highest BCUT2D eigenvalue weighted by Gasteiger charge is 2.32. The molecule has 0 aliphatic carbocycles. The third kappa shape index (κ3) is 4.49. The molecule has 1 fully saturated rings. The number of piperidine rings is 1. The van der Waals surface area contributed by atoms with Crippen LogP contribution < -0.4 is 10.1 Å². The lowest BCUT2D eigenvalue weighted by Gasteiger charge is -2.34. The highest BCUT2D eigenvalue weighted by atomic mass is 32.1. The Kier molecular flexibility index (Phi) is 6.61. The fourth-order valence-electron chi connectivity index (χ4n) is 3.34. The number of aromatic nitrogens is 1. The summed E-state index contributed by atoms with van der Waals surface area (Å²) >= 11 is 1.27. The van der Waals surface area contributed by atoms with Crippen molar-refractivity contribution in [1.82, 2.24) is 9.88 Å². The first-order valence-corrected chi connectivity index (χ1v) is 10.3. The number of nitrogens with zero attached hydrogens (tertiary/aromatic N) is 2. The molecule has 1 aromatic carbocycles. The van der Waals surface area contributed by atoms with Crippen molar-refractivity contribution in [2.75, 3.05) is 19.0 Å². The molecule has 6 nitrogen and oxygen atoms in total. The lowest BCUT2D eigenvalue weighted by molar-refractivity contribution is -0.140. The van der Waals surface area contributed by atoms with Gasteiger partial charge in [0.05, 0.1) is 12.8 Å². The van der Waals surface area contributed by atoms with Gasteiger partial charge in [0.25, 0.3) is 0 Å². The number of rotatable bonds is 6. The van der Waals surface area contributed by atoms with Gasteiger partial charge in [-0.1, -0.05) is 6.92 Å². The van der Waals surface area contributed by atoms with Crippen molar-refractivity contribution in [2.24, 2.45) is 0 Å². The summed E-state index contributed by atoms with van der Waals surface area (Å²) in [5.41, 5.74) is 1.18. The van der Waals surface area contributed by atoms with Crippen LogP contribution in [0.5, 0.6) is 5.75 Å². The molecule has 1 N–H and O–H groups in total. The maximum absolute atomic E-state index is 13.9. The maximum atomic E-state index is 13.9. The molecule has 28 heavy (non-hydrogen) atoms. The predicted molar refractivity (Wildman–Crippen MR) is 107 cm³/mol. The highest BCUT2D eigenvalue weighted by molar-refractivity contribution is 7.14. The second kappa shape index (κ2) is 9.14. The molecule has 2 amide bonds. The van der Waals surface area contributed by atoms with Gasteiger partial charge in [-0.25, -0.2) is 9.37 Å². The van der Waals surface area contributed by atoms with Gasteiger partial charge >= 0.3 is 0 Å². The van der Waals surface area contributed by atoms with E-state index in [-0.39, 0.29) is 17.6 Å². The predicted octanol–water partition coefficient (Wildman–Crippen LogP) is 4.08. The van der Waals surface area contributed by atoms with Crippen molar-refractivity contribution in [1.29, 1.82) is 0 Å². The molecule has 1 unspecified atom stereocenters. The molecule has 8 heteroatoms. The van der Waals surface area contributed by atoms with Crippen LogP contribution in [0, 0.1) is 5.82 Å². The SMILES string of the molecule is CCCC(=O)N1CCCCC1C(=O)Nc1nc(-c2ccc(OC)c(F)c2)cs1. The maximum Gasteiger partial charge on any atom is 0.248 e. The summed E-state index contributed by atoms with van der Waals surface area (Å²) in [5, 5.41) is 5.02. The molecule has 2 heterocycles. The van der Waals surface area contributed by atoms with Crippen LogP contribution in [0.25, 0.3) is 11.3 Å². The first kappa shape index (κ1) is 20.3. The number of nitrogens with one attached hydrogen (secondary N) is 1. The van der Waals surface area contributed by atoms with E-state index in [0.29, 0.717) is 35.8 Å². The third-order valence-electron chi connectivity index (χ3n) is 4.77. The number of benzene rings is 1. The number of methoxy groups -OCH3 is 1. The number of hydrogen-bond acceptors (Lipinski definition) is 5. The standard InChI is InChI=1S/C20H24FN3O3S/c1-3-6-18(25)24-10-5-4-7-16(24)19(26)23-20-22-15(12-28-20)13-8-9-17(27-2)14(21)11-13/h8-9,11-12,16H,3-7,10H2,1-2H3,(H,22,23,26). The summed E-state index contributed by atoms with van der Waals surface area (Å²) in [4.78, 5) is 31.2. The van der Waals surface area contributed by atoms with Gasteiger partial charge in [-0.2, -0.15) is 0 Å². The van der Waals surface area contributed by atoms with Crippen LogP contribution in [0.2, 0.25) is 0 Å². The number of halogens is 1. The van der Waals surface area contributed by atoms with E-state index in [2.05, 4.69) is 10.3 Å². The minimum atomic E-state index is -0.467. The van der Waals surface area contributed by atoms with Gasteiger partial charge in [-0.3, -0.25) is 9.59 Å². The Bertz CT molecular complexity index is 855.